The molecule has 2 heterocycles. The van der Waals surface area contributed by atoms with E-state index in [1.54, 1.807) is 0 Å². The number of rotatable bonds is 0. The lowest BCUT2D eigenvalue weighted by atomic mass is 10.0. The maximum absolute atomic E-state index is 6.82. The van der Waals surface area contributed by atoms with E-state index in [0.717, 1.165) is 49.2 Å². The highest BCUT2D eigenvalue weighted by molar-refractivity contribution is 6.47. The predicted molar refractivity (Wildman–Crippen MR) is 107 cm³/mol. The van der Waals surface area contributed by atoms with Crippen LogP contribution in [0.5, 0.6) is 0 Å². The van der Waals surface area contributed by atoms with Crippen molar-refractivity contribution in [3.05, 3.63) is 70.2 Å². The minimum absolute atomic E-state index is 0.671. The molecule has 0 atom stereocenters. The van der Waals surface area contributed by atoms with Gasteiger partial charge in [0.2, 0.25) is 0 Å². The van der Waals surface area contributed by atoms with Crippen molar-refractivity contribution in [1.82, 2.24) is 9.97 Å². The van der Waals surface area contributed by atoms with Gasteiger partial charge < -0.3 is 0 Å². The molecule has 0 unspecified atom stereocenters. The van der Waals surface area contributed by atoms with Gasteiger partial charge in [0.05, 0.1) is 32.1 Å². The lowest BCUT2D eigenvalue weighted by molar-refractivity contribution is 1.41. The second-order valence-electron chi connectivity index (χ2n) is 6.20. The summed E-state index contributed by atoms with van der Waals surface area (Å²) in [5.41, 5.74) is 4.51. The maximum Gasteiger partial charge on any atom is 0.0762 e. The van der Waals surface area contributed by atoms with Crippen LogP contribution in [0, 0.1) is 6.92 Å². The van der Waals surface area contributed by atoms with E-state index in [1.165, 1.54) is 0 Å². The van der Waals surface area contributed by atoms with E-state index in [9.17, 15) is 0 Å². The second kappa shape index (κ2) is 5.29. The molecule has 2 aromatic heterocycles. The summed E-state index contributed by atoms with van der Waals surface area (Å²) in [6.45, 7) is 2.03. The lowest BCUT2D eigenvalue weighted by Gasteiger charge is -2.13. The first kappa shape index (κ1) is 14.9. The molecule has 0 aliphatic carbocycles. The Morgan fingerprint density at radius 1 is 0.680 bits per heavy atom. The number of aromatic nitrogens is 2. The second-order valence-corrected chi connectivity index (χ2v) is 6.95. The molecule has 0 fully saturated rings. The van der Waals surface area contributed by atoms with Crippen LogP contribution in [-0.2, 0) is 0 Å². The molecular formula is C21H12Cl2N2. The first-order valence-electron chi connectivity index (χ1n) is 8.00. The molecular weight excluding hydrogens is 351 g/mol. The molecule has 0 bridgehead atoms. The molecule has 4 heteroatoms. The average Bonchev–Trinajstić information content (AvgIpc) is 2.63. The zero-order valence-corrected chi connectivity index (χ0v) is 14.9. The van der Waals surface area contributed by atoms with Crippen molar-refractivity contribution in [1.29, 1.82) is 0 Å². The summed E-state index contributed by atoms with van der Waals surface area (Å²) in [6, 6.07) is 17.8. The first-order chi connectivity index (χ1) is 12.1. The van der Waals surface area contributed by atoms with Gasteiger partial charge in [-0.2, -0.15) is 0 Å². The Kier molecular flexibility index (Phi) is 3.15. The predicted octanol–water partition coefficient (Wildman–Crippen LogP) is 6.70. The smallest absolute Gasteiger partial charge is 0.0762 e. The largest absolute Gasteiger partial charge is 0.248 e. The first-order valence-corrected chi connectivity index (χ1v) is 8.76. The van der Waals surface area contributed by atoms with Crippen LogP contribution >= 0.6 is 23.2 Å². The van der Waals surface area contributed by atoms with E-state index < -0.39 is 0 Å². The van der Waals surface area contributed by atoms with E-state index in [4.69, 9.17) is 33.2 Å². The molecule has 0 saturated heterocycles. The van der Waals surface area contributed by atoms with Gasteiger partial charge >= 0.3 is 0 Å². The molecule has 3 aromatic carbocycles. The van der Waals surface area contributed by atoms with Gasteiger partial charge in [-0.25, -0.2) is 9.97 Å². The van der Waals surface area contributed by atoms with Crippen molar-refractivity contribution >= 4 is 66.8 Å². The number of benzene rings is 3. The highest BCUT2D eigenvalue weighted by atomic mass is 35.5. The maximum atomic E-state index is 6.82. The summed E-state index contributed by atoms with van der Waals surface area (Å²) in [5, 5.41) is 4.93. The molecule has 2 nitrogen and oxygen atoms in total. The number of aryl methyl sites for hydroxylation is 1. The van der Waals surface area contributed by atoms with Crippen molar-refractivity contribution in [3.63, 3.8) is 0 Å². The van der Waals surface area contributed by atoms with Gasteiger partial charge in [-0.05, 0) is 30.7 Å². The quantitative estimate of drug-likeness (QED) is 0.226. The fourth-order valence-electron chi connectivity index (χ4n) is 3.49. The van der Waals surface area contributed by atoms with Crippen LogP contribution in [0.15, 0.2) is 54.6 Å². The van der Waals surface area contributed by atoms with Crippen molar-refractivity contribution in [2.45, 2.75) is 6.92 Å². The van der Waals surface area contributed by atoms with E-state index in [2.05, 4.69) is 0 Å². The molecule has 0 radical (unpaired) electrons. The monoisotopic (exact) mass is 362 g/mol. The average molecular weight is 363 g/mol. The van der Waals surface area contributed by atoms with Gasteiger partial charge in [0.1, 0.15) is 0 Å². The van der Waals surface area contributed by atoms with Crippen LogP contribution in [0.4, 0.5) is 0 Å². The number of nitrogens with zero attached hydrogens (tertiary/aromatic N) is 2. The Morgan fingerprint density at radius 2 is 1.24 bits per heavy atom. The molecule has 0 saturated carbocycles. The third-order valence-corrected chi connectivity index (χ3v) is 5.45. The molecule has 5 aromatic rings. The normalized spacial score (nSPS) is 11.8. The van der Waals surface area contributed by atoms with Gasteiger partial charge in [-0.3, -0.25) is 0 Å². The van der Waals surface area contributed by atoms with E-state index in [0.29, 0.717) is 10.0 Å². The highest BCUT2D eigenvalue weighted by Gasteiger charge is 2.17. The van der Waals surface area contributed by atoms with Crippen LogP contribution in [0.25, 0.3) is 43.6 Å². The summed E-state index contributed by atoms with van der Waals surface area (Å²) in [6.07, 6.45) is 0. The Morgan fingerprint density at radius 3 is 1.92 bits per heavy atom. The summed E-state index contributed by atoms with van der Waals surface area (Å²) in [5.74, 6) is 0. The molecule has 5 rings (SSSR count). The number of fused-ring (bicyclic) bond motifs is 5. The topological polar surface area (TPSA) is 25.8 Å². The Labute approximate surface area is 154 Å². The van der Waals surface area contributed by atoms with E-state index >= 15 is 0 Å². The molecule has 0 amide bonds. The third-order valence-electron chi connectivity index (χ3n) is 4.66. The molecule has 0 aliphatic heterocycles. The fourth-order valence-corrected chi connectivity index (χ4v) is 4.19. The SMILES string of the molecule is Cc1cc2nc3ccccc3c(Cl)c2c2c(Cl)c3ccccc3nc12. The third kappa shape index (κ3) is 2.05. The number of hydrogen-bond acceptors (Lipinski definition) is 2. The van der Waals surface area contributed by atoms with Crippen LogP contribution < -0.4 is 0 Å². The number of para-hydroxylation sites is 2. The fraction of sp³-hybridized carbons (Fsp3) is 0.0476. The van der Waals surface area contributed by atoms with Crippen molar-refractivity contribution in [2.24, 2.45) is 0 Å². The number of pyridine rings is 2. The standard InChI is InChI=1S/C21H12Cl2N2/c1-11-10-16-17(19(22)12-6-2-4-8-14(12)24-16)18-20(23)13-7-3-5-9-15(13)25-21(11)18/h2-10H,1H3. The number of halogens is 2. The summed E-state index contributed by atoms with van der Waals surface area (Å²) in [4.78, 5) is 9.64. The molecule has 120 valence electrons. The van der Waals surface area contributed by atoms with Gasteiger partial charge in [-0.1, -0.05) is 59.6 Å². The van der Waals surface area contributed by atoms with E-state index in [1.807, 2.05) is 61.5 Å². The van der Waals surface area contributed by atoms with Crippen LogP contribution in [0.2, 0.25) is 10.0 Å². The Balaban J connectivity index is 2.13. The van der Waals surface area contributed by atoms with Crippen molar-refractivity contribution in [2.75, 3.05) is 0 Å². The molecule has 0 aliphatic rings. The summed E-state index contributed by atoms with van der Waals surface area (Å²) in [7, 11) is 0. The van der Waals surface area contributed by atoms with Crippen LogP contribution in [-0.4, -0.2) is 9.97 Å². The highest BCUT2D eigenvalue weighted by Crippen LogP contribution is 2.41. The Hall–Kier alpha value is -2.42. The van der Waals surface area contributed by atoms with Gasteiger partial charge in [0.25, 0.3) is 0 Å². The summed E-state index contributed by atoms with van der Waals surface area (Å²) >= 11 is 13.6. The molecule has 0 spiro atoms. The molecule has 25 heavy (non-hydrogen) atoms. The zero-order valence-electron chi connectivity index (χ0n) is 13.3. The number of hydrogen-bond donors (Lipinski definition) is 0. The minimum Gasteiger partial charge on any atom is -0.248 e. The van der Waals surface area contributed by atoms with Gasteiger partial charge in [0.15, 0.2) is 0 Å². The van der Waals surface area contributed by atoms with Gasteiger partial charge in [0, 0.05) is 21.5 Å². The van der Waals surface area contributed by atoms with Crippen LogP contribution in [0.3, 0.4) is 0 Å². The van der Waals surface area contributed by atoms with Crippen molar-refractivity contribution < 1.29 is 0 Å². The molecule has 0 N–H and O–H groups in total. The zero-order chi connectivity index (χ0) is 17.1. The van der Waals surface area contributed by atoms with E-state index in [-0.39, 0.29) is 0 Å². The van der Waals surface area contributed by atoms with Crippen LogP contribution in [0.1, 0.15) is 5.56 Å². The Bertz CT molecular complexity index is 1330. The lowest BCUT2D eigenvalue weighted by Crippen LogP contribution is -1.93. The van der Waals surface area contributed by atoms with Crippen molar-refractivity contribution in [3.8, 4) is 0 Å². The van der Waals surface area contributed by atoms with Gasteiger partial charge in [-0.15, -0.1) is 0 Å². The summed E-state index contributed by atoms with van der Waals surface area (Å²) < 4.78 is 0. The minimum atomic E-state index is 0.671.